The van der Waals surface area contributed by atoms with Crippen molar-refractivity contribution < 1.29 is 31.9 Å². The second-order valence-electron chi connectivity index (χ2n) is 5.56. The number of benzene rings is 1. The molecule has 1 atom stereocenters. The highest BCUT2D eigenvalue weighted by atomic mass is 32.2. The molecule has 1 amide bonds. The van der Waals surface area contributed by atoms with Crippen molar-refractivity contribution in [1.82, 2.24) is 9.62 Å². The van der Waals surface area contributed by atoms with Gasteiger partial charge < -0.3 is 14.8 Å². The Morgan fingerprint density at radius 1 is 1.26 bits per heavy atom. The number of nitrogens with zero attached hydrogens (tertiary/aromatic N) is 1. The summed E-state index contributed by atoms with van der Waals surface area (Å²) >= 11 is 0. The van der Waals surface area contributed by atoms with Gasteiger partial charge in [0.1, 0.15) is 5.82 Å². The normalized spacial score (nSPS) is 12.7. The zero-order valence-corrected chi connectivity index (χ0v) is 16.6. The van der Waals surface area contributed by atoms with Crippen LogP contribution < -0.4 is 5.32 Å². The van der Waals surface area contributed by atoms with Gasteiger partial charge in [0, 0.05) is 26.7 Å². The van der Waals surface area contributed by atoms with Gasteiger partial charge in [-0.15, -0.1) is 0 Å². The smallest absolute Gasteiger partial charge is 0.341 e. The SMILES string of the molecule is CCN(CC)S(=O)(=O)c1ccc(F)c(C(=O)O[C@@H](C)C(=O)NCCOC)c1. The predicted octanol–water partition coefficient (Wildman–Crippen LogP) is 1.16. The van der Waals surface area contributed by atoms with E-state index in [4.69, 9.17) is 9.47 Å². The average molecular weight is 404 g/mol. The molecule has 1 aromatic rings. The molecule has 8 nitrogen and oxygen atoms in total. The Kier molecular flexibility index (Phi) is 8.80. The van der Waals surface area contributed by atoms with E-state index >= 15 is 0 Å². The summed E-state index contributed by atoms with van der Waals surface area (Å²) in [6, 6.07) is 2.89. The summed E-state index contributed by atoms with van der Waals surface area (Å²) in [6.45, 7) is 5.64. The summed E-state index contributed by atoms with van der Waals surface area (Å²) in [5, 5.41) is 2.48. The van der Waals surface area contributed by atoms with E-state index in [0.29, 0.717) is 0 Å². The first-order valence-corrected chi connectivity index (χ1v) is 9.90. The first-order chi connectivity index (χ1) is 12.7. The number of hydrogen-bond acceptors (Lipinski definition) is 6. The molecule has 0 aliphatic carbocycles. The molecule has 0 aliphatic heterocycles. The minimum absolute atomic E-state index is 0.225. The third-order valence-electron chi connectivity index (χ3n) is 3.76. The molecule has 0 bridgehead atoms. The summed E-state index contributed by atoms with van der Waals surface area (Å²) in [5.41, 5.74) is -0.556. The predicted molar refractivity (Wildman–Crippen MR) is 96.3 cm³/mol. The molecule has 0 fully saturated rings. The Balaban J connectivity index is 3.00. The Morgan fingerprint density at radius 2 is 1.89 bits per heavy atom. The Morgan fingerprint density at radius 3 is 2.44 bits per heavy atom. The minimum atomic E-state index is -3.87. The number of carbonyl (C=O) groups is 2. The molecule has 0 radical (unpaired) electrons. The number of carbonyl (C=O) groups excluding carboxylic acids is 2. The maximum absolute atomic E-state index is 14.0. The second-order valence-corrected chi connectivity index (χ2v) is 7.50. The third-order valence-corrected chi connectivity index (χ3v) is 5.81. The van der Waals surface area contributed by atoms with E-state index in [0.717, 1.165) is 18.2 Å². The molecule has 27 heavy (non-hydrogen) atoms. The van der Waals surface area contributed by atoms with Crippen LogP contribution in [0.1, 0.15) is 31.1 Å². The molecule has 1 rings (SSSR count). The van der Waals surface area contributed by atoms with Crippen LogP contribution in [0.4, 0.5) is 4.39 Å². The van der Waals surface area contributed by atoms with E-state index in [1.165, 1.54) is 18.3 Å². The van der Waals surface area contributed by atoms with Crippen LogP contribution in [-0.2, 0) is 24.3 Å². The molecule has 1 N–H and O–H groups in total. The number of sulfonamides is 1. The van der Waals surface area contributed by atoms with Crippen LogP contribution >= 0.6 is 0 Å². The maximum Gasteiger partial charge on any atom is 0.341 e. The molecule has 152 valence electrons. The standard InChI is InChI=1S/C17H25FN2O6S/c1-5-20(6-2)27(23,24)13-7-8-15(18)14(11-13)17(22)26-12(3)16(21)19-9-10-25-4/h7-8,11-12H,5-6,9-10H2,1-4H3,(H,19,21)/t12-/m0/s1. The van der Waals surface area contributed by atoms with Gasteiger partial charge in [-0.3, -0.25) is 4.79 Å². The summed E-state index contributed by atoms with van der Waals surface area (Å²) < 4.78 is 50.0. The third kappa shape index (κ3) is 5.98. The number of halogens is 1. The Hall–Kier alpha value is -2.04. The number of methoxy groups -OCH3 is 1. The van der Waals surface area contributed by atoms with Crippen LogP contribution in [0.15, 0.2) is 23.1 Å². The fraction of sp³-hybridized carbons (Fsp3) is 0.529. The first-order valence-electron chi connectivity index (χ1n) is 8.46. The molecule has 0 spiro atoms. The molecule has 10 heteroatoms. The van der Waals surface area contributed by atoms with Crippen LogP contribution in [0.25, 0.3) is 0 Å². The largest absolute Gasteiger partial charge is 0.449 e. The highest BCUT2D eigenvalue weighted by Crippen LogP contribution is 2.20. The molecule has 0 saturated carbocycles. The van der Waals surface area contributed by atoms with E-state index < -0.39 is 39.4 Å². The van der Waals surface area contributed by atoms with E-state index in [9.17, 15) is 22.4 Å². The van der Waals surface area contributed by atoms with Gasteiger partial charge in [0.2, 0.25) is 10.0 Å². The summed E-state index contributed by atoms with van der Waals surface area (Å²) in [5.74, 6) is -2.64. The molecular weight excluding hydrogens is 379 g/mol. The lowest BCUT2D eigenvalue weighted by Crippen LogP contribution is -2.37. The van der Waals surface area contributed by atoms with Gasteiger partial charge in [-0.25, -0.2) is 17.6 Å². The van der Waals surface area contributed by atoms with Gasteiger partial charge in [0.25, 0.3) is 5.91 Å². The summed E-state index contributed by atoms with van der Waals surface area (Å²) in [7, 11) is -2.40. The molecule has 0 saturated heterocycles. The molecule has 0 unspecified atom stereocenters. The summed E-state index contributed by atoms with van der Waals surface area (Å²) in [4.78, 5) is 23.8. The van der Waals surface area contributed by atoms with Crippen molar-refractivity contribution in [2.75, 3.05) is 33.4 Å². The van der Waals surface area contributed by atoms with Crippen LogP contribution in [-0.4, -0.2) is 64.1 Å². The van der Waals surface area contributed by atoms with Gasteiger partial charge in [-0.05, 0) is 25.1 Å². The molecule has 0 heterocycles. The molecule has 1 aromatic carbocycles. The topological polar surface area (TPSA) is 102 Å². The van der Waals surface area contributed by atoms with Gasteiger partial charge in [-0.2, -0.15) is 4.31 Å². The minimum Gasteiger partial charge on any atom is -0.449 e. The number of amides is 1. The fourth-order valence-corrected chi connectivity index (χ4v) is 3.72. The van der Waals surface area contributed by atoms with E-state index in [1.54, 1.807) is 13.8 Å². The fourth-order valence-electron chi connectivity index (χ4n) is 2.23. The Labute approximate surface area is 158 Å². The van der Waals surface area contributed by atoms with Crippen LogP contribution in [0.2, 0.25) is 0 Å². The highest BCUT2D eigenvalue weighted by molar-refractivity contribution is 7.89. The van der Waals surface area contributed by atoms with Crippen molar-refractivity contribution in [3.05, 3.63) is 29.6 Å². The molecule has 0 aliphatic rings. The van der Waals surface area contributed by atoms with Crippen molar-refractivity contribution in [2.24, 2.45) is 0 Å². The lowest BCUT2D eigenvalue weighted by atomic mass is 10.2. The van der Waals surface area contributed by atoms with Crippen LogP contribution in [0.3, 0.4) is 0 Å². The second kappa shape index (κ2) is 10.3. The number of esters is 1. The first kappa shape index (κ1) is 23.0. The number of ether oxygens (including phenoxy) is 2. The summed E-state index contributed by atoms with van der Waals surface area (Å²) in [6.07, 6.45) is -1.18. The van der Waals surface area contributed by atoms with Crippen molar-refractivity contribution in [1.29, 1.82) is 0 Å². The quantitative estimate of drug-likeness (QED) is 0.464. The van der Waals surface area contributed by atoms with Crippen molar-refractivity contribution >= 4 is 21.9 Å². The number of hydrogen-bond donors (Lipinski definition) is 1. The number of nitrogens with one attached hydrogen (secondary N) is 1. The van der Waals surface area contributed by atoms with Gasteiger partial charge in [0.05, 0.1) is 17.1 Å². The lowest BCUT2D eigenvalue weighted by Gasteiger charge is -2.19. The maximum atomic E-state index is 14.0. The molecule has 0 aromatic heterocycles. The van der Waals surface area contributed by atoms with E-state index in [2.05, 4.69) is 5.32 Å². The molecular formula is C17H25FN2O6S. The van der Waals surface area contributed by atoms with Crippen LogP contribution in [0.5, 0.6) is 0 Å². The highest BCUT2D eigenvalue weighted by Gasteiger charge is 2.26. The van der Waals surface area contributed by atoms with E-state index in [-0.39, 0.29) is 31.1 Å². The van der Waals surface area contributed by atoms with Crippen LogP contribution in [0, 0.1) is 5.82 Å². The van der Waals surface area contributed by atoms with Gasteiger partial charge >= 0.3 is 5.97 Å². The lowest BCUT2D eigenvalue weighted by molar-refractivity contribution is -0.129. The zero-order chi connectivity index (χ0) is 20.6. The van der Waals surface area contributed by atoms with Gasteiger partial charge in [0.15, 0.2) is 6.10 Å². The van der Waals surface area contributed by atoms with Gasteiger partial charge in [-0.1, -0.05) is 13.8 Å². The zero-order valence-electron chi connectivity index (χ0n) is 15.8. The van der Waals surface area contributed by atoms with Crippen molar-refractivity contribution in [3.63, 3.8) is 0 Å². The van der Waals surface area contributed by atoms with E-state index in [1.807, 2.05) is 0 Å². The van der Waals surface area contributed by atoms with Crippen molar-refractivity contribution in [2.45, 2.75) is 31.8 Å². The monoisotopic (exact) mass is 404 g/mol. The number of rotatable bonds is 10. The average Bonchev–Trinajstić information content (AvgIpc) is 2.62. The van der Waals surface area contributed by atoms with Crippen molar-refractivity contribution in [3.8, 4) is 0 Å². The Bertz CT molecular complexity index is 765.